The van der Waals surface area contributed by atoms with Crippen molar-refractivity contribution in [3.05, 3.63) is 29.6 Å². The summed E-state index contributed by atoms with van der Waals surface area (Å²) < 4.78 is 5.33. The summed E-state index contributed by atoms with van der Waals surface area (Å²) in [7, 11) is 1.81. The molecule has 0 radical (unpaired) electrons. The summed E-state index contributed by atoms with van der Waals surface area (Å²) in [5.41, 5.74) is 1.16. The molecule has 112 valence electrons. The van der Waals surface area contributed by atoms with Crippen molar-refractivity contribution >= 4 is 5.91 Å². The number of pyridine rings is 1. The summed E-state index contributed by atoms with van der Waals surface area (Å²) in [5.74, 6) is 5.76. The third-order valence-corrected chi connectivity index (χ3v) is 3.52. The number of carbonyl (C=O) groups excluding carboxylic acids is 1. The zero-order valence-electron chi connectivity index (χ0n) is 12.2. The van der Waals surface area contributed by atoms with Crippen LogP contribution in [0.1, 0.15) is 28.8 Å². The predicted octanol–water partition coefficient (Wildman–Crippen LogP) is 0.924. The average Bonchev–Trinajstić information content (AvgIpc) is 2.53. The summed E-state index contributed by atoms with van der Waals surface area (Å²) >= 11 is 0. The van der Waals surface area contributed by atoms with Crippen molar-refractivity contribution in [1.29, 1.82) is 0 Å². The van der Waals surface area contributed by atoms with Crippen LogP contribution in [-0.2, 0) is 4.74 Å². The van der Waals surface area contributed by atoms with Gasteiger partial charge in [0.15, 0.2) is 0 Å². The van der Waals surface area contributed by atoms with Gasteiger partial charge in [-0.2, -0.15) is 0 Å². The second-order valence-corrected chi connectivity index (χ2v) is 5.16. The fourth-order valence-electron chi connectivity index (χ4n) is 2.39. The quantitative estimate of drug-likeness (QED) is 0.840. The Hall–Kier alpha value is -1.90. The zero-order valence-corrected chi connectivity index (χ0v) is 12.2. The number of hydrogen-bond donors (Lipinski definition) is 1. The van der Waals surface area contributed by atoms with E-state index in [1.165, 1.54) is 0 Å². The molecule has 1 aliphatic rings. The Labute approximate surface area is 124 Å². The molecule has 1 N–H and O–H groups in total. The Morgan fingerprint density at radius 3 is 2.95 bits per heavy atom. The number of rotatable bonds is 3. The lowest BCUT2D eigenvalue weighted by Crippen LogP contribution is -2.34. The number of aliphatic hydroxyl groups is 1. The topological polar surface area (TPSA) is 62.7 Å². The van der Waals surface area contributed by atoms with E-state index in [1.807, 2.05) is 7.05 Å². The zero-order chi connectivity index (χ0) is 15.1. The monoisotopic (exact) mass is 288 g/mol. The molecule has 1 aromatic rings. The molecule has 5 heteroatoms. The first-order valence-corrected chi connectivity index (χ1v) is 7.08. The van der Waals surface area contributed by atoms with Crippen molar-refractivity contribution in [2.24, 2.45) is 5.92 Å². The van der Waals surface area contributed by atoms with Crippen LogP contribution in [0.4, 0.5) is 0 Å². The number of carbonyl (C=O) groups is 1. The van der Waals surface area contributed by atoms with Crippen molar-refractivity contribution in [2.75, 3.05) is 33.4 Å². The Bertz CT molecular complexity index is 542. The van der Waals surface area contributed by atoms with Gasteiger partial charge in [0.1, 0.15) is 6.61 Å². The van der Waals surface area contributed by atoms with E-state index in [0.717, 1.165) is 32.6 Å². The molecule has 1 aromatic heterocycles. The minimum atomic E-state index is -0.207. The van der Waals surface area contributed by atoms with Gasteiger partial charge in [0.05, 0.1) is 5.56 Å². The smallest absolute Gasteiger partial charge is 0.255 e. The van der Waals surface area contributed by atoms with Gasteiger partial charge in [-0.1, -0.05) is 11.8 Å². The molecular weight excluding hydrogens is 268 g/mol. The molecule has 2 heterocycles. The number of aliphatic hydroxyl groups excluding tert-OH is 1. The SMILES string of the molecule is CN(CC1CCOCC1)C(=O)c1cncc(C#CCO)c1. The fraction of sp³-hybridized carbons (Fsp3) is 0.500. The number of nitrogens with zero attached hydrogens (tertiary/aromatic N) is 2. The van der Waals surface area contributed by atoms with Crippen LogP contribution in [0.2, 0.25) is 0 Å². The van der Waals surface area contributed by atoms with E-state index in [-0.39, 0.29) is 12.5 Å². The highest BCUT2D eigenvalue weighted by Gasteiger charge is 2.19. The van der Waals surface area contributed by atoms with Gasteiger partial charge < -0.3 is 14.7 Å². The number of amides is 1. The van der Waals surface area contributed by atoms with Crippen molar-refractivity contribution < 1.29 is 14.6 Å². The standard InChI is InChI=1S/C16H20N2O3/c1-18(12-13-4-7-21-8-5-13)16(20)15-9-14(3-2-6-19)10-17-11-15/h9-11,13,19H,4-8,12H2,1H3. The first-order valence-electron chi connectivity index (χ1n) is 7.08. The van der Waals surface area contributed by atoms with Crippen molar-refractivity contribution in [3.8, 4) is 11.8 Å². The van der Waals surface area contributed by atoms with Crippen LogP contribution >= 0.6 is 0 Å². The summed E-state index contributed by atoms with van der Waals surface area (Å²) in [4.78, 5) is 18.2. The van der Waals surface area contributed by atoms with Crippen LogP contribution in [0.15, 0.2) is 18.5 Å². The van der Waals surface area contributed by atoms with E-state index >= 15 is 0 Å². The van der Waals surface area contributed by atoms with Gasteiger partial charge in [0.25, 0.3) is 5.91 Å². The van der Waals surface area contributed by atoms with E-state index in [9.17, 15) is 4.79 Å². The maximum Gasteiger partial charge on any atom is 0.255 e. The number of hydrogen-bond acceptors (Lipinski definition) is 4. The summed E-state index contributed by atoms with van der Waals surface area (Å²) in [6, 6.07) is 1.71. The molecule has 0 aliphatic carbocycles. The van der Waals surface area contributed by atoms with Gasteiger partial charge in [0, 0.05) is 44.8 Å². The molecule has 0 atom stereocenters. The minimum absolute atomic E-state index is 0.0540. The van der Waals surface area contributed by atoms with Crippen LogP contribution in [0.3, 0.4) is 0 Å². The largest absolute Gasteiger partial charge is 0.384 e. The van der Waals surface area contributed by atoms with Crippen molar-refractivity contribution in [1.82, 2.24) is 9.88 Å². The molecule has 2 rings (SSSR count). The van der Waals surface area contributed by atoms with Gasteiger partial charge in [0.2, 0.25) is 0 Å². The van der Waals surface area contributed by atoms with E-state index in [0.29, 0.717) is 17.0 Å². The molecule has 1 aliphatic heterocycles. The van der Waals surface area contributed by atoms with Crippen LogP contribution in [0, 0.1) is 17.8 Å². The number of aromatic nitrogens is 1. The molecule has 21 heavy (non-hydrogen) atoms. The molecular formula is C16H20N2O3. The Kier molecular flexibility index (Phi) is 5.73. The maximum absolute atomic E-state index is 12.4. The molecule has 1 fully saturated rings. The van der Waals surface area contributed by atoms with Crippen LogP contribution < -0.4 is 0 Å². The second kappa shape index (κ2) is 7.77. The highest BCUT2D eigenvalue weighted by atomic mass is 16.5. The number of ether oxygens (including phenoxy) is 1. The van der Waals surface area contributed by atoms with Gasteiger partial charge in [-0.05, 0) is 24.8 Å². The summed E-state index contributed by atoms with van der Waals surface area (Å²) in [6.07, 6.45) is 5.13. The highest BCUT2D eigenvalue weighted by molar-refractivity contribution is 5.94. The van der Waals surface area contributed by atoms with Crippen LogP contribution in [0.5, 0.6) is 0 Å². The van der Waals surface area contributed by atoms with Gasteiger partial charge in [-0.15, -0.1) is 0 Å². The third-order valence-electron chi connectivity index (χ3n) is 3.52. The predicted molar refractivity (Wildman–Crippen MR) is 78.7 cm³/mol. The highest BCUT2D eigenvalue weighted by Crippen LogP contribution is 2.16. The van der Waals surface area contributed by atoms with E-state index in [4.69, 9.17) is 9.84 Å². The summed E-state index contributed by atoms with van der Waals surface area (Å²) in [6.45, 7) is 2.08. The third kappa shape index (κ3) is 4.55. The lowest BCUT2D eigenvalue weighted by atomic mass is 9.99. The van der Waals surface area contributed by atoms with Gasteiger partial charge in [-0.25, -0.2) is 0 Å². The first kappa shape index (κ1) is 15.5. The molecule has 0 unspecified atom stereocenters. The molecule has 0 spiro atoms. The lowest BCUT2D eigenvalue weighted by Gasteiger charge is -2.27. The average molecular weight is 288 g/mol. The first-order chi connectivity index (χ1) is 10.2. The van der Waals surface area contributed by atoms with Crippen molar-refractivity contribution in [2.45, 2.75) is 12.8 Å². The Balaban J connectivity index is 2.01. The second-order valence-electron chi connectivity index (χ2n) is 5.16. The molecule has 1 amide bonds. The van der Waals surface area contributed by atoms with Gasteiger partial charge >= 0.3 is 0 Å². The molecule has 0 saturated carbocycles. The van der Waals surface area contributed by atoms with E-state index in [2.05, 4.69) is 16.8 Å². The molecule has 1 saturated heterocycles. The molecule has 5 nitrogen and oxygen atoms in total. The molecule has 0 aromatic carbocycles. The normalized spacial score (nSPS) is 15.1. The van der Waals surface area contributed by atoms with Crippen molar-refractivity contribution in [3.63, 3.8) is 0 Å². The molecule has 0 bridgehead atoms. The summed E-state index contributed by atoms with van der Waals surface area (Å²) in [5, 5.41) is 8.70. The van der Waals surface area contributed by atoms with Crippen LogP contribution in [-0.4, -0.2) is 54.3 Å². The van der Waals surface area contributed by atoms with Crippen LogP contribution in [0.25, 0.3) is 0 Å². The van der Waals surface area contributed by atoms with Gasteiger partial charge in [-0.3, -0.25) is 9.78 Å². The Morgan fingerprint density at radius 1 is 1.48 bits per heavy atom. The minimum Gasteiger partial charge on any atom is -0.384 e. The maximum atomic E-state index is 12.4. The Morgan fingerprint density at radius 2 is 2.24 bits per heavy atom. The van der Waals surface area contributed by atoms with E-state index < -0.39 is 0 Å². The fourth-order valence-corrected chi connectivity index (χ4v) is 2.39. The lowest BCUT2D eigenvalue weighted by molar-refractivity contribution is 0.0497. The van der Waals surface area contributed by atoms with E-state index in [1.54, 1.807) is 23.4 Å².